The number of halogens is 1. The van der Waals surface area contributed by atoms with E-state index in [4.69, 9.17) is 0 Å². The maximum absolute atomic E-state index is 11.9. The Morgan fingerprint density at radius 3 is 2.87 bits per heavy atom. The van der Waals surface area contributed by atoms with Crippen molar-refractivity contribution in [3.63, 3.8) is 0 Å². The van der Waals surface area contributed by atoms with Crippen LogP contribution in [0.15, 0.2) is 11.4 Å². The first kappa shape index (κ1) is 11.1. The summed E-state index contributed by atoms with van der Waals surface area (Å²) in [7, 11) is 0. The molecule has 80 valence electrons. The highest BCUT2D eigenvalue weighted by atomic mass is 127. The fourth-order valence-corrected chi connectivity index (χ4v) is 2.98. The number of likely N-dealkylation sites (tertiary alicyclic amines) is 1. The van der Waals surface area contributed by atoms with Gasteiger partial charge in [0.2, 0.25) is 5.91 Å². The number of nitrogens with zero attached hydrogens (tertiary/aromatic N) is 1. The number of amides is 2. The van der Waals surface area contributed by atoms with Crippen LogP contribution in [0.3, 0.4) is 0 Å². The van der Waals surface area contributed by atoms with E-state index in [2.05, 4.69) is 22.6 Å². The molecule has 2 rings (SSSR count). The van der Waals surface area contributed by atoms with E-state index in [1.54, 1.807) is 5.38 Å². The van der Waals surface area contributed by atoms with Gasteiger partial charge >= 0.3 is 0 Å². The smallest absolute Gasteiger partial charge is 0.261 e. The van der Waals surface area contributed by atoms with Crippen LogP contribution in [0, 0.1) is 8.80 Å². The average molecular weight is 335 g/mol. The summed E-state index contributed by atoms with van der Waals surface area (Å²) in [6.07, 6.45) is 0.493. The Balaban J connectivity index is 2.18. The normalized spacial score (nSPS) is 21.1. The molecule has 1 aromatic rings. The van der Waals surface area contributed by atoms with Crippen LogP contribution < -0.4 is 0 Å². The molecule has 1 atom stereocenters. The Hall–Kier alpha value is -0.430. The zero-order valence-corrected chi connectivity index (χ0v) is 11.2. The van der Waals surface area contributed by atoms with E-state index >= 15 is 0 Å². The summed E-state index contributed by atoms with van der Waals surface area (Å²) in [5.41, 5.74) is 0.631. The third kappa shape index (κ3) is 2.23. The minimum absolute atomic E-state index is 0.0475. The van der Waals surface area contributed by atoms with Gasteiger partial charge in [-0.1, -0.05) is 6.92 Å². The second kappa shape index (κ2) is 4.21. The molecular formula is C10H10INO2S. The summed E-state index contributed by atoms with van der Waals surface area (Å²) in [6.45, 7) is 2.55. The van der Waals surface area contributed by atoms with E-state index in [1.807, 2.05) is 13.0 Å². The van der Waals surface area contributed by atoms with Gasteiger partial charge in [0.15, 0.2) is 0 Å². The van der Waals surface area contributed by atoms with Crippen molar-refractivity contribution < 1.29 is 9.59 Å². The van der Waals surface area contributed by atoms with Crippen LogP contribution in [-0.2, 0) is 4.79 Å². The molecule has 2 amide bonds. The lowest BCUT2D eigenvalue weighted by Crippen LogP contribution is -2.31. The molecule has 0 aliphatic carbocycles. The average Bonchev–Trinajstić information content (AvgIpc) is 2.71. The van der Waals surface area contributed by atoms with E-state index in [0.29, 0.717) is 24.4 Å². The van der Waals surface area contributed by atoms with Crippen molar-refractivity contribution in [3.05, 3.63) is 19.9 Å². The van der Waals surface area contributed by atoms with Crippen LogP contribution >= 0.6 is 33.9 Å². The van der Waals surface area contributed by atoms with Crippen LogP contribution in [0.1, 0.15) is 23.7 Å². The van der Waals surface area contributed by atoms with E-state index in [0.717, 1.165) is 2.88 Å². The van der Waals surface area contributed by atoms with Gasteiger partial charge in [0.1, 0.15) is 0 Å². The quantitative estimate of drug-likeness (QED) is 0.584. The van der Waals surface area contributed by atoms with Crippen LogP contribution in [0.5, 0.6) is 0 Å². The van der Waals surface area contributed by atoms with Gasteiger partial charge in [-0.2, -0.15) is 0 Å². The molecule has 1 aromatic heterocycles. The standard InChI is InChI=1S/C10H10INO2S/c1-6-2-9(13)12(4-6)10(14)7-3-8(11)15-5-7/h3,5-6H,2,4H2,1H3. The van der Waals surface area contributed by atoms with Crippen molar-refractivity contribution in [1.82, 2.24) is 4.90 Å². The molecule has 3 nitrogen and oxygen atoms in total. The number of imide groups is 1. The number of thiophene rings is 1. The zero-order valence-electron chi connectivity index (χ0n) is 8.20. The Kier molecular flexibility index (Phi) is 3.11. The van der Waals surface area contributed by atoms with Gasteiger partial charge in [0.05, 0.1) is 8.45 Å². The van der Waals surface area contributed by atoms with Gasteiger partial charge in [0.25, 0.3) is 5.91 Å². The molecule has 0 radical (unpaired) electrons. The SMILES string of the molecule is CC1CC(=O)N(C(=O)c2csc(I)c2)C1. The highest BCUT2D eigenvalue weighted by Crippen LogP contribution is 2.22. The lowest BCUT2D eigenvalue weighted by Gasteiger charge is -2.12. The van der Waals surface area contributed by atoms with E-state index in [-0.39, 0.29) is 11.8 Å². The van der Waals surface area contributed by atoms with Gasteiger partial charge in [-0.3, -0.25) is 14.5 Å². The molecule has 1 aliphatic rings. The van der Waals surface area contributed by atoms with Gasteiger partial charge in [-0.25, -0.2) is 0 Å². The minimum atomic E-state index is -0.150. The maximum Gasteiger partial charge on any atom is 0.261 e. The number of carbonyl (C=O) groups is 2. The fourth-order valence-electron chi connectivity index (χ4n) is 1.66. The molecule has 0 spiro atoms. The van der Waals surface area contributed by atoms with Crippen molar-refractivity contribution in [2.45, 2.75) is 13.3 Å². The number of hydrogen-bond donors (Lipinski definition) is 0. The van der Waals surface area contributed by atoms with Crippen LogP contribution in [0.25, 0.3) is 0 Å². The number of hydrogen-bond acceptors (Lipinski definition) is 3. The molecule has 1 fully saturated rings. The first-order chi connectivity index (χ1) is 7.08. The predicted octanol–water partition coefficient (Wildman–Crippen LogP) is 2.36. The predicted molar refractivity (Wildman–Crippen MR) is 66.9 cm³/mol. The van der Waals surface area contributed by atoms with Crippen molar-refractivity contribution in [2.24, 2.45) is 5.92 Å². The molecule has 15 heavy (non-hydrogen) atoms. The monoisotopic (exact) mass is 335 g/mol. The van der Waals surface area contributed by atoms with Crippen LogP contribution in [0.4, 0.5) is 0 Å². The number of carbonyl (C=O) groups excluding carboxylic acids is 2. The molecule has 1 aliphatic heterocycles. The van der Waals surface area contributed by atoms with Gasteiger partial charge in [-0.15, -0.1) is 11.3 Å². The summed E-state index contributed by atoms with van der Waals surface area (Å²) in [5.74, 6) is 0.0939. The molecular weight excluding hydrogens is 325 g/mol. The zero-order chi connectivity index (χ0) is 11.0. The van der Waals surface area contributed by atoms with Crippen molar-refractivity contribution in [1.29, 1.82) is 0 Å². The molecule has 1 saturated heterocycles. The Labute approximate surface area is 106 Å². The topological polar surface area (TPSA) is 37.4 Å². The first-order valence-corrected chi connectivity index (χ1v) is 6.62. The van der Waals surface area contributed by atoms with Crippen LogP contribution in [-0.4, -0.2) is 23.3 Å². The van der Waals surface area contributed by atoms with Crippen molar-refractivity contribution in [2.75, 3.05) is 6.54 Å². The summed E-state index contributed by atoms with van der Waals surface area (Å²) < 4.78 is 1.07. The molecule has 0 bridgehead atoms. The van der Waals surface area contributed by atoms with Crippen molar-refractivity contribution in [3.8, 4) is 0 Å². The summed E-state index contributed by atoms with van der Waals surface area (Å²) in [6, 6.07) is 1.82. The maximum atomic E-state index is 11.9. The third-order valence-electron chi connectivity index (χ3n) is 2.38. The largest absolute Gasteiger partial charge is 0.278 e. The van der Waals surface area contributed by atoms with Crippen molar-refractivity contribution >= 4 is 45.7 Å². The van der Waals surface area contributed by atoms with Crippen LogP contribution in [0.2, 0.25) is 0 Å². The van der Waals surface area contributed by atoms with E-state index in [9.17, 15) is 9.59 Å². The fraction of sp³-hybridized carbons (Fsp3) is 0.400. The Bertz CT molecular complexity index is 415. The Morgan fingerprint density at radius 1 is 1.67 bits per heavy atom. The van der Waals surface area contributed by atoms with Gasteiger partial charge in [0, 0.05) is 18.3 Å². The molecule has 1 unspecified atom stereocenters. The summed E-state index contributed by atoms with van der Waals surface area (Å²) in [5, 5.41) is 1.81. The summed E-state index contributed by atoms with van der Waals surface area (Å²) >= 11 is 3.69. The molecule has 5 heteroatoms. The van der Waals surface area contributed by atoms with Gasteiger partial charge in [-0.05, 0) is 34.6 Å². The van der Waals surface area contributed by atoms with E-state index < -0.39 is 0 Å². The summed E-state index contributed by atoms with van der Waals surface area (Å²) in [4.78, 5) is 24.8. The molecule has 2 heterocycles. The molecule has 0 aromatic carbocycles. The van der Waals surface area contributed by atoms with E-state index in [1.165, 1.54) is 16.2 Å². The second-order valence-corrected chi connectivity index (χ2v) is 6.56. The second-order valence-electron chi connectivity index (χ2n) is 3.76. The molecule has 0 N–H and O–H groups in total. The lowest BCUT2D eigenvalue weighted by atomic mass is 10.2. The lowest BCUT2D eigenvalue weighted by molar-refractivity contribution is -0.125. The number of rotatable bonds is 1. The highest BCUT2D eigenvalue weighted by molar-refractivity contribution is 14.1. The van der Waals surface area contributed by atoms with Gasteiger partial charge < -0.3 is 0 Å². The molecule has 0 saturated carbocycles. The minimum Gasteiger partial charge on any atom is -0.278 e. The first-order valence-electron chi connectivity index (χ1n) is 4.66. The highest BCUT2D eigenvalue weighted by Gasteiger charge is 2.32. The third-order valence-corrected chi connectivity index (χ3v) is 4.17. The Morgan fingerprint density at radius 2 is 2.40 bits per heavy atom.